The molecule has 9 nitrogen and oxygen atoms in total. The minimum atomic E-state index is -3.86. The fourth-order valence-electron chi connectivity index (χ4n) is 5.35. The first-order valence-corrected chi connectivity index (χ1v) is 13.5. The molecule has 0 saturated carbocycles. The molecule has 2 aliphatic rings. The number of fused-ring (bicyclic) bond motifs is 2. The Morgan fingerprint density at radius 1 is 0.784 bits per heavy atom. The number of rotatable bonds is 4. The maximum atomic E-state index is 13.8. The summed E-state index contributed by atoms with van der Waals surface area (Å²) in [5.74, 6) is -0.309. The van der Waals surface area contributed by atoms with Gasteiger partial charge in [-0.1, -0.05) is 42.5 Å². The van der Waals surface area contributed by atoms with Crippen LogP contribution >= 0.6 is 0 Å². The molecule has 6 rings (SSSR count). The number of para-hydroxylation sites is 1. The van der Waals surface area contributed by atoms with Gasteiger partial charge in [0, 0.05) is 47.6 Å². The summed E-state index contributed by atoms with van der Waals surface area (Å²) in [5.41, 5.74) is 2.22. The van der Waals surface area contributed by atoms with E-state index in [2.05, 4.69) is 0 Å². The Bertz CT molecular complexity index is 1600. The molecule has 0 spiro atoms. The number of amides is 1. The number of cyclic esters (lactones) is 1. The molecule has 0 unspecified atom stereocenters. The Labute approximate surface area is 213 Å². The molecule has 4 aromatic rings. The van der Waals surface area contributed by atoms with E-state index in [-0.39, 0.29) is 42.4 Å². The lowest BCUT2D eigenvalue weighted by atomic mass is 10.0. The molecular weight excluding hydrogens is 494 g/mol. The summed E-state index contributed by atoms with van der Waals surface area (Å²) >= 11 is 0. The van der Waals surface area contributed by atoms with Crippen LogP contribution in [0, 0.1) is 0 Å². The number of carbonyl (C=O) groups excluding carboxylic acids is 1. The summed E-state index contributed by atoms with van der Waals surface area (Å²) in [6, 6.07) is 20.3. The van der Waals surface area contributed by atoms with E-state index >= 15 is 0 Å². The molecule has 2 N–H and O–H groups in total. The van der Waals surface area contributed by atoms with Crippen molar-refractivity contribution in [3.05, 3.63) is 78.4 Å². The normalized spacial score (nSPS) is 17.1. The van der Waals surface area contributed by atoms with Crippen molar-refractivity contribution in [2.75, 3.05) is 18.0 Å². The van der Waals surface area contributed by atoms with E-state index in [0.29, 0.717) is 29.3 Å². The fraction of sp³-hybridized carbons (Fsp3) is 0.222. The number of anilines is 1. The molecule has 0 radical (unpaired) electrons. The number of aromatic nitrogens is 1. The van der Waals surface area contributed by atoms with Crippen molar-refractivity contribution < 1.29 is 28.2 Å². The van der Waals surface area contributed by atoms with Gasteiger partial charge in [-0.3, -0.25) is 9.47 Å². The highest BCUT2D eigenvalue weighted by Gasteiger charge is 2.37. The number of hydrogen-bond donors (Lipinski definition) is 2. The second kappa shape index (κ2) is 8.82. The second-order valence-electron chi connectivity index (χ2n) is 9.20. The number of sulfonamides is 1. The Hall–Kier alpha value is -4.02. The predicted octanol–water partition coefficient (Wildman–Crippen LogP) is 4.35. The Balaban J connectivity index is 1.30. The van der Waals surface area contributed by atoms with Crippen molar-refractivity contribution in [2.24, 2.45) is 0 Å². The van der Waals surface area contributed by atoms with Gasteiger partial charge in [-0.25, -0.2) is 13.2 Å². The van der Waals surface area contributed by atoms with Crippen LogP contribution in [0.25, 0.3) is 16.5 Å². The van der Waals surface area contributed by atoms with Gasteiger partial charge in [0.25, 0.3) is 0 Å². The summed E-state index contributed by atoms with van der Waals surface area (Å²) < 4.78 is 35.7. The molecule has 1 amide bonds. The lowest BCUT2D eigenvalue weighted by Gasteiger charge is -2.39. The molecule has 0 aliphatic carbocycles. The maximum absolute atomic E-state index is 13.8. The van der Waals surface area contributed by atoms with Crippen molar-refractivity contribution in [3.8, 4) is 17.4 Å². The van der Waals surface area contributed by atoms with Gasteiger partial charge in [0.05, 0.1) is 16.3 Å². The number of carbonyl (C=O) groups is 1. The zero-order chi connectivity index (χ0) is 25.7. The van der Waals surface area contributed by atoms with Crippen LogP contribution < -0.4 is 4.90 Å². The molecule has 1 aromatic heterocycles. The molecule has 2 aliphatic heterocycles. The standard InChI is InChI=1S/C27H25N3O6S/c31-25-11-12-26(32)30(25)23-9-3-7-21-20(23)6-4-10-24(21)37(34,35)28-15-13-19(14-16-28)29-22-8-2-1-5-18(22)17-36-27(29)33/h1-12,19,31-32H,13-17H2. The van der Waals surface area contributed by atoms with E-state index in [1.807, 2.05) is 24.3 Å². The van der Waals surface area contributed by atoms with Gasteiger partial charge >= 0.3 is 6.09 Å². The number of hydrogen-bond acceptors (Lipinski definition) is 6. The number of nitrogens with zero attached hydrogens (tertiary/aromatic N) is 3. The van der Waals surface area contributed by atoms with Gasteiger partial charge in [0.2, 0.25) is 10.0 Å². The van der Waals surface area contributed by atoms with Crippen molar-refractivity contribution in [3.63, 3.8) is 0 Å². The number of ether oxygens (including phenoxy) is 1. The Morgan fingerprint density at radius 2 is 1.43 bits per heavy atom. The van der Waals surface area contributed by atoms with Gasteiger partial charge in [-0.15, -0.1) is 0 Å². The Kier molecular flexibility index (Phi) is 5.58. The number of piperidine rings is 1. The van der Waals surface area contributed by atoms with E-state index in [1.54, 1.807) is 41.3 Å². The first-order chi connectivity index (χ1) is 17.9. The lowest BCUT2D eigenvalue weighted by Crippen LogP contribution is -2.50. The van der Waals surface area contributed by atoms with Crippen LogP contribution in [0.4, 0.5) is 10.5 Å². The topological polar surface area (TPSA) is 112 Å². The van der Waals surface area contributed by atoms with Gasteiger partial charge in [0.1, 0.15) is 6.61 Å². The summed E-state index contributed by atoms with van der Waals surface area (Å²) in [5, 5.41) is 21.5. The first kappa shape index (κ1) is 23.4. The highest BCUT2D eigenvalue weighted by Crippen LogP contribution is 2.36. The van der Waals surface area contributed by atoms with E-state index in [9.17, 15) is 23.4 Å². The molecule has 1 saturated heterocycles. The summed E-state index contributed by atoms with van der Waals surface area (Å²) in [6.07, 6.45) is 0.547. The molecule has 3 aromatic carbocycles. The van der Waals surface area contributed by atoms with Crippen molar-refractivity contribution in [1.82, 2.24) is 8.87 Å². The monoisotopic (exact) mass is 519 g/mol. The molecule has 1 fully saturated rings. The highest BCUT2D eigenvalue weighted by molar-refractivity contribution is 7.89. The Morgan fingerprint density at radius 3 is 2.19 bits per heavy atom. The van der Waals surface area contributed by atoms with Gasteiger partial charge in [-0.2, -0.15) is 4.31 Å². The van der Waals surface area contributed by atoms with Crippen LogP contribution in [-0.4, -0.2) is 52.7 Å². The lowest BCUT2D eigenvalue weighted by molar-refractivity contribution is 0.136. The quantitative estimate of drug-likeness (QED) is 0.415. The number of benzene rings is 3. The molecule has 190 valence electrons. The maximum Gasteiger partial charge on any atom is 0.414 e. The molecule has 10 heteroatoms. The van der Waals surface area contributed by atoms with Crippen LogP contribution in [0.15, 0.2) is 77.7 Å². The van der Waals surface area contributed by atoms with Crippen LogP contribution in [0.2, 0.25) is 0 Å². The molecule has 37 heavy (non-hydrogen) atoms. The van der Waals surface area contributed by atoms with Gasteiger partial charge in [-0.05, 0) is 31.0 Å². The number of aromatic hydroxyl groups is 2. The van der Waals surface area contributed by atoms with E-state index < -0.39 is 16.1 Å². The zero-order valence-corrected chi connectivity index (χ0v) is 20.6. The zero-order valence-electron chi connectivity index (χ0n) is 19.8. The van der Waals surface area contributed by atoms with E-state index in [1.165, 1.54) is 21.0 Å². The van der Waals surface area contributed by atoms with E-state index in [0.717, 1.165) is 11.3 Å². The van der Waals surface area contributed by atoms with Crippen LogP contribution in [0.5, 0.6) is 11.8 Å². The predicted molar refractivity (Wildman–Crippen MR) is 137 cm³/mol. The average Bonchev–Trinajstić information content (AvgIpc) is 3.25. The second-order valence-corrected chi connectivity index (χ2v) is 11.1. The molecule has 0 atom stereocenters. The largest absolute Gasteiger partial charge is 0.494 e. The average molecular weight is 520 g/mol. The third-order valence-corrected chi connectivity index (χ3v) is 9.10. The third-order valence-electron chi connectivity index (χ3n) is 7.15. The minimum Gasteiger partial charge on any atom is -0.494 e. The third kappa shape index (κ3) is 3.80. The molecule has 0 bridgehead atoms. The first-order valence-electron chi connectivity index (χ1n) is 12.0. The van der Waals surface area contributed by atoms with E-state index in [4.69, 9.17) is 4.74 Å². The van der Waals surface area contributed by atoms with Crippen LogP contribution in [-0.2, 0) is 21.4 Å². The summed E-state index contributed by atoms with van der Waals surface area (Å²) in [6.45, 7) is 0.753. The summed E-state index contributed by atoms with van der Waals surface area (Å²) in [4.78, 5) is 14.4. The SMILES string of the molecule is O=C1OCc2ccccc2N1C1CCN(S(=O)(=O)c2cccc3c(-n4c(O)ccc4O)cccc23)CC1. The molecule has 3 heterocycles. The van der Waals surface area contributed by atoms with Gasteiger partial charge < -0.3 is 14.9 Å². The highest BCUT2D eigenvalue weighted by atomic mass is 32.2. The van der Waals surface area contributed by atoms with Crippen molar-refractivity contribution in [1.29, 1.82) is 0 Å². The van der Waals surface area contributed by atoms with Crippen molar-refractivity contribution in [2.45, 2.75) is 30.4 Å². The fourth-order valence-corrected chi connectivity index (χ4v) is 7.02. The van der Waals surface area contributed by atoms with Crippen LogP contribution in [0.1, 0.15) is 18.4 Å². The smallest absolute Gasteiger partial charge is 0.414 e. The minimum absolute atomic E-state index is 0.152. The summed E-state index contributed by atoms with van der Waals surface area (Å²) in [7, 11) is -3.86. The van der Waals surface area contributed by atoms with Gasteiger partial charge in [0.15, 0.2) is 11.8 Å². The molecular formula is C27H25N3O6S. The van der Waals surface area contributed by atoms with Crippen LogP contribution in [0.3, 0.4) is 0 Å². The van der Waals surface area contributed by atoms with Crippen molar-refractivity contribution >= 4 is 32.6 Å².